The zero-order valence-electron chi connectivity index (χ0n) is 22.8. The molecule has 0 aliphatic carbocycles. The van der Waals surface area contributed by atoms with Crippen molar-refractivity contribution in [2.24, 2.45) is 0 Å². The van der Waals surface area contributed by atoms with Gasteiger partial charge in [-0.2, -0.15) is 21.8 Å². The molecular weight excluding hydrogens is 614 g/mol. The van der Waals surface area contributed by atoms with Gasteiger partial charge in [-0.05, 0) is 48.4 Å². The normalized spacial score (nSPS) is 18.7. The molecule has 1 unspecified atom stereocenters. The van der Waals surface area contributed by atoms with Gasteiger partial charge in [0.25, 0.3) is 0 Å². The van der Waals surface area contributed by atoms with E-state index in [4.69, 9.17) is 0 Å². The van der Waals surface area contributed by atoms with Crippen LogP contribution in [0.1, 0.15) is 18.1 Å². The number of aliphatic hydroxyl groups is 1. The zero-order chi connectivity index (χ0) is 30.9. The van der Waals surface area contributed by atoms with E-state index in [0.717, 1.165) is 18.4 Å². The number of alkyl halides is 3. The summed E-state index contributed by atoms with van der Waals surface area (Å²) in [4.78, 5) is 6.07. The van der Waals surface area contributed by atoms with E-state index in [2.05, 4.69) is 17.6 Å². The highest BCUT2D eigenvalue weighted by molar-refractivity contribution is 7.90. The van der Waals surface area contributed by atoms with Crippen LogP contribution in [0.25, 0.3) is 0 Å². The number of anilines is 1. The van der Waals surface area contributed by atoms with Crippen molar-refractivity contribution in [3.63, 3.8) is 0 Å². The summed E-state index contributed by atoms with van der Waals surface area (Å²) in [6, 6.07) is 14.0. The Morgan fingerprint density at radius 1 is 1.02 bits per heavy atom. The fourth-order valence-electron chi connectivity index (χ4n) is 4.74. The smallest absolute Gasteiger partial charge is 0.376 e. The molecule has 1 saturated heterocycles. The Balaban J connectivity index is 1.70. The predicted octanol–water partition coefficient (Wildman–Crippen LogP) is 3.48. The number of pyridine rings is 1. The van der Waals surface area contributed by atoms with Crippen molar-refractivity contribution < 1.29 is 35.1 Å². The number of halogens is 3. The monoisotopic (exact) mass is 644 g/mol. The summed E-state index contributed by atoms with van der Waals surface area (Å²) in [6.07, 6.45) is -0.764. The Bertz CT molecular complexity index is 1600. The van der Waals surface area contributed by atoms with Crippen LogP contribution in [-0.2, 0) is 32.2 Å². The first-order valence-corrected chi connectivity index (χ1v) is 16.5. The Labute approximate surface area is 249 Å². The lowest BCUT2D eigenvalue weighted by Crippen LogP contribution is -2.58. The molecular formula is C27H31F3N4O5S3. The van der Waals surface area contributed by atoms with Crippen LogP contribution in [0.5, 0.6) is 0 Å². The lowest BCUT2D eigenvalue weighted by atomic mass is 9.95. The fraction of sp³-hybridized carbons (Fsp3) is 0.370. The van der Waals surface area contributed by atoms with E-state index in [0.29, 0.717) is 18.2 Å². The maximum absolute atomic E-state index is 13.6. The molecule has 1 aromatic heterocycles. The van der Waals surface area contributed by atoms with Gasteiger partial charge in [0, 0.05) is 55.7 Å². The first-order valence-electron chi connectivity index (χ1n) is 12.8. The zero-order valence-corrected chi connectivity index (χ0v) is 25.3. The molecule has 1 aliphatic heterocycles. The fourth-order valence-corrected chi connectivity index (χ4v) is 7.63. The van der Waals surface area contributed by atoms with Crippen LogP contribution in [0.15, 0.2) is 82.8 Å². The SMILES string of the molecule is CC(O)(c1ccc(N2CCN(S(=O)(=O)c3ccccc3S)C[C@@H]2CN(Cc2cccnc2)S(C)(=O)=O)cc1)C(F)(F)F. The van der Waals surface area contributed by atoms with Gasteiger partial charge in [0.05, 0.1) is 17.2 Å². The maximum atomic E-state index is 13.6. The average molecular weight is 645 g/mol. The summed E-state index contributed by atoms with van der Waals surface area (Å²) < 4.78 is 95.6. The van der Waals surface area contributed by atoms with E-state index in [9.17, 15) is 35.1 Å². The minimum absolute atomic E-state index is 0.00889. The molecule has 4 rings (SSSR count). The van der Waals surface area contributed by atoms with Gasteiger partial charge in [-0.3, -0.25) is 4.98 Å². The first kappa shape index (κ1) is 32.2. The quantitative estimate of drug-likeness (QED) is 0.343. The molecule has 0 amide bonds. The Kier molecular flexibility index (Phi) is 9.31. The lowest BCUT2D eigenvalue weighted by molar-refractivity contribution is -0.258. The molecule has 3 aromatic rings. The predicted molar refractivity (Wildman–Crippen MR) is 155 cm³/mol. The van der Waals surface area contributed by atoms with Gasteiger partial charge in [0.15, 0.2) is 5.60 Å². The summed E-state index contributed by atoms with van der Waals surface area (Å²) in [5.74, 6) is 0. The van der Waals surface area contributed by atoms with E-state index < -0.39 is 37.9 Å². The second-order valence-electron chi connectivity index (χ2n) is 10.2. The molecule has 1 fully saturated rings. The topological polar surface area (TPSA) is 111 Å². The van der Waals surface area contributed by atoms with E-state index in [1.165, 1.54) is 33.0 Å². The molecule has 0 bridgehead atoms. The van der Waals surface area contributed by atoms with Gasteiger partial charge < -0.3 is 10.0 Å². The summed E-state index contributed by atoms with van der Waals surface area (Å²) >= 11 is 4.30. The number of hydrogen-bond acceptors (Lipinski definition) is 8. The second-order valence-corrected chi connectivity index (χ2v) is 14.6. The summed E-state index contributed by atoms with van der Waals surface area (Å²) in [7, 11) is -7.79. The largest absolute Gasteiger partial charge is 0.421 e. The number of aromatic nitrogens is 1. The van der Waals surface area contributed by atoms with Crippen LogP contribution >= 0.6 is 12.6 Å². The van der Waals surface area contributed by atoms with Gasteiger partial charge in [-0.1, -0.05) is 30.3 Å². The lowest BCUT2D eigenvalue weighted by Gasteiger charge is -2.43. The van der Waals surface area contributed by atoms with Crippen molar-refractivity contribution in [1.29, 1.82) is 0 Å². The standard InChI is InChI=1S/C27H31F3N4O5S3/c1-26(35,27(28,29)30)21-9-11-22(12-10-21)34-15-14-32(42(38,39)25-8-4-3-7-24(25)40)18-23(34)19-33(41(2,36)37)17-20-6-5-13-31-16-20/h3-13,16,23,35,40H,14-15,17-19H2,1-2H3/t23-,26?/m1/s1. The van der Waals surface area contributed by atoms with Gasteiger partial charge in [-0.25, -0.2) is 16.8 Å². The highest BCUT2D eigenvalue weighted by atomic mass is 32.2. The van der Waals surface area contributed by atoms with Crippen molar-refractivity contribution in [3.05, 3.63) is 84.2 Å². The molecule has 42 heavy (non-hydrogen) atoms. The number of benzene rings is 2. The van der Waals surface area contributed by atoms with Crippen LogP contribution in [-0.4, -0.2) is 80.2 Å². The van der Waals surface area contributed by atoms with E-state index >= 15 is 0 Å². The number of rotatable bonds is 9. The molecule has 2 heterocycles. The summed E-state index contributed by atoms with van der Waals surface area (Å²) in [5.41, 5.74) is -2.37. The van der Waals surface area contributed by atoms with E-state index in [1.807, 2.05) is 0 Å². The number of nitrogens with zero attached hydrogens (tertiary/aromatic N) is 4. The van der Waals surface area contributed by atoms with Crippen molar-refractivity contribution in [2.45, 2.75) is 41.1 Å². The van der Waals surface area contributed by atoms with Crippen LogP contribution < -0.4 is 4.90 Å². The molecule has 0 radical (unpaired) electrons. The van der Waals surface area contributed by atoms with E-state index in [1.54, 1.807) is 41.4 Å². The Morgan fingerprint density at radius 2 is 1.69 bits per heavy atom. The van der Waals surface area contributed by atoms with Crippen LogP contribution in [0.4, 0.5) is 18.9 Å². The molecule has 9 nitrogen and oxygen atoms in total. The van der Waals surface area contributed by atoms with Crippen LogP contribution in [0.3, 0.4) is 0 Å². The van der Waals surface area contributed by atoms with Gasteiger partial charge in [-0.15, -0.1) is 12.6 Å². The summed E-state index contributed by atoms with van der Waals surface area (Å²) in [5, 5.41) is 10.1. The second kappa shape index (κ2) is 12.1. The van der Waals surface area contributed by atoms with Crippen molar-refractivity contribution in [1.82, 2.24) is 13.6 Å². The van der Waals surface area contributed by atoms with Gasteiger partial charge in [0.1, 0.15) is 0 Å². The first-order chi connectivity index (χ1) is 19.5. The summed E-state index contributed by atoms with van der Waals surface area (Å²) in [6.45, 7) is 0.575. The Hall–Kier alpha value is -2.69. The number of piperazine rings is 1. The molecule has 1 aliphatic rings. The van der Waals surface area contributed by atoms with Crippen molar-refractivity contribution in [3.8, 4) is 0 Å². The molecule has 0 spiro atoms. The Morgan fingerprint density at radius 3 is 2.26 bits per heavy atom. The van der Waals surface area contributed by atoms with Gasteiger partial charge >= 0.3 is 6.18 Å². The molecule has 15 heteroatoms. The van der Waals surface area contributed by atoms with Gasteiger partial charge in [0.2, 0.25) is 20.0 Å². The van der Waals surface area contributed by atoms with Crippen molar-refractivity contribution >= 4 is 38.4 Å². The van der Waals surface area contributed by atoms with Crippen molar-refractivity contribution in [2.75, 3.05) is 37.3 Å². The number of sulfonamides is 2. The van der Waals surface area contributed by atoms with Crippen LogP contribution in [0.2, 0.25) is 0 Å². The van der Waals surface area contributed by atoms with Crippen LogP contribution in [0, 0.1) is 0 Å². The van der Waals surface area contributed by atoms with E-state index in [-0.39, 0.29) is 48.1 Å². The molecule has 2 aromatic carbocycles. The highest BCUT2D eigenvalue weighted by Crippen LogP contribution is 2.39. The molecule has 1 N–H and O–H groups in total. The minimum atomic E-state index is -4.90. The molecule has 0 saturated carbocycles. The molecule has 2 atom stereocenters. The third-order valence-electron chi connectivity index (χ3n) is 7.21. The third kappa shape index (κ3) is 6.92. The average Bonchev–Trinajstić information content (AvgIpc) is 2.92. The maximum Gasteiger partial charge on any atom is 0.421 e. The number of hydrogen-bond donors (Lipinski definition) is 2. The highest BCUT2D eigenvalue weighted by Gasteiger charge is 2.51. The third-order valence-corrected chi connectivity index (χ3v) is 10.9. The molecule has 228 valence electrons. The minimum Gasteiger partial charge on any atom is -0.376 e. The number of thiol groups is 1.